The first-order valence-electron chi connectivity index (χ1n) is 8.77. The van der Waals surface area contributed by atoms with Gasteiger partial charge in [0.25, 0.3) is 0 Å². The molecule has 1 aromatic rings. The molecule has 2 fully saturated rings. The molecule has 2 N–H and O–H groups in total. The zero-order chi connectivity index (χ0) is 16.8. The van der Waals surface area contributed by atoms with Crippen molar-refractivity contribution in [1.82, 2.24) is 4.90 Å². The van der Waals surface area contributed by atoms with E-state index in [0.29, 0.717) is 13.2 Å². The van der Waals surface area contributed by atoms with E-state index in [1.165, 1.54) is 12.8 Å². The number of urea groups is 1. The average Bonchev–Trinajstić information content (AvgIpc) is 2.99. The van der Waals surface area contributed by atoms with E-state index in [2.05, 4.69) is 10.6 Å². The van der Waals surface area contributed by atoms with E-state index in [0.717, 1.165) is 43.7 Å². The number of anilines is 2. The lowest BCUT2D eigenvalue weighted by Gasteiger charge is -2.20. The zero-order valence-corrected chi connectivity index (χ0v) is 13.9. The molecule has 1 atom stereocenters. The van der Waals surface area contributed by atoms with Gasteiger partial charge >= 0.3 is 6.03 Å². The first-order chi connectivity index (χ1) is 11.7. The second-order valence-electron chi connectivity index (χ2n) is 6.46. The van der Waals surface area contributed by atoms with Crippen molar-refractivity contribution >= 4 is 23.3 Å². The Kier molecular flexibility index (Phi) is 5.69. The van der Waals surface area contributed by atoms with Gasteiger partial charge in [-0.1, -0.05) is 12.8 Å². The lowest BCUT2D eigenvalue weighted by Crippen LogP contribution is -2.35. The van der Waals surface area contributed by atoms with Crippen LogP contribution < -0.4 is 10.6 Å². The number of nitrogens with zero attached hydrogens (tertiary/aromatic N) is 1. The molecule has 24 heavy (non-hydrogen) atoms. The first kappa shape index (κ1) is 16.8. The van der Waals surface area contributed by atoms with Crippen LogP contribution in [0.3, 0.4) is 0 Å². The maximum atomic E-state index is 12.3. The van der Waals surface area contributed by atoms with Gasteiger partial charge in [-0.2, -0.15) is 0 Å². The van der Waals surface area contributed by atoms with Gasteiger partial charge < -0.3 is 20.3 Å². The Morgan fingerprint density at radius 1 is 0.958 bits per heavy atom. The van der Waals surface area contributed by atoms with Crippen molar-refractivity contribution in [2.45, 2.75) is 32.1 Å². The van der Waals surface area contributed by atoms with Gasteiger partial charge in [-0.15, -0.1) is 0 Å². The molecule has 3 amide bonds. The van der Waals surface area contributed by atoms with Crippen LogP contribution in [0, 0.1) is 5.92 Å². The minimum Gasteiger partial charge on any atom is -0.381 e. The number of hydrogen-bond donors (Lipinski definition) is 2. The molecular weight excluding hydrogens is 306 g/mol. The van der Waals surface area contributed by atoms with Crippen LogP contribution in [-0.4, -0.2) is 43.1 Å². The number of hydrogen-bond acceptors (Lipinski definition) is 3. The third kappa shape index (κ3) is 4.47. The molecule has 2 aliphatic rings. The van der Waals surface area contributed by atoms with Crippen LogP contribution in [0.25, 0.3) is 0 Å². The van der Waals surface area contributed by atoms with Crippen LogP contribution in [0.2, 0.25) is 0 Å². The summed E-state index contributed by atoms with van der Waals surface area (Å²) in [5.41, 5.74) is 1.48. The van der Waals surface area contributed by atoms with Crippen LogP contribution in [0.4, 0.5) is 16.2 Å². The van der Waals surface area contributed by atoms with Gasteiger partial charge in [0.1, 0.15) is 0 Å². The second kappa shape index (κ2) is 8.15. The summed E-state index contributed by atoms with van der Waals surface area (Å²) in [6.45, 7) is 2.79. The molecule has 6 nitrogen and oxygen atoms in total. The molecule has 130 valence electrons. The zero-order valence-electron chi connectivity index (χ0n) is 13.9. The minimum atomic E-state index is -0.0626. The maximum Gasteiger partial charge on any atom is 0.321 e. The lowest BCUT2D eigenvalue weighted by molar-refractivity contribution is -0.119. The predicted octanol–water partition coefficient (Wildman–Crippen LogP) is 3.07. The topological polar surface area (TPSA) is 70.7 Å². The highest BCUT2D eigenvalue weighted by molar-refractivity contribution is 5.93. The SMILES string of the molecule is O=C(Nc1ccc(NC(=O)N2CCCCCC2)cc1)[C@@H]1CCOC1. The Hall–Kier alpha value is -2.08. The summed E-state index contributed by atoms with van der Waals surface area (Å²) in [4.78, 5) is 26.2. The third-order valence-electron chi connectivity index (χ3n) is 4.60. The van der Waals surface area contributed by atoms with Crippen molar-refractivity contribution in [2.75, 3.05) is 36.9 Å². The largest absolute Gasteiger partial charge is 0.381 e. The van der Waals surface area contributed by atoms with Crippen LogP contribution in [0.15, 0.2) is 24.3 Å². The summed E-state index contributed by atoms with van der Waals surface area (Å²) in [6, 6.07) is 7.21. The summed E-state index contributed by atoms with van der Waals surface area (Å²) < 4.78 is 5.23. The molecule has 2 heterocycles. The normalized spacial score (nSPS) is 21.2. The molecule has 0 aromatic heterocycles. The van der Waals surface area contributed by atoms with Gasteiger partial charge in [-0.3, -0.25) is 4.79 Å². The highest BCUT2D eigenvalue weighted by atomic mass is 16.5. The summed E-state index contributed by atoms with van der Waals surface area (Å²) in [5.74, 6) is -0.0683. The Bertz CT molecular complexity index is 559. The van der Waals surface area contributed by atoms with E-state index in [9.17, 15) is 9.59 Å². The number of amides is 3. The summed E-state index contributed by atoms with van der Waals surface area (Å²) >= 11 is 0. The molecule has 1 aromatic carbocycles. The molecule has 2 saturated heterocycles. The number of carbonyl (C=O) groups excluding carboxylic acids is 2. The molecule has 0 radical (unpaired) electrons. The van der Waals surface area contributed by atoms with Crippen molar-refractivity contribution in [1.29, 1.82) is 0 Å². The number of likely N-dealkylation sites (tertiary alicyclic amines) is 1. The summed E-state index contributed by atoms with van der Waals surface area (Å²) in [5, 5.41) is 5.82. The first-order valence-corrected chi connectivity index (χ1v) is 8.77. The summed E-state index contributed by atoms with van der Waals surface area (Å²) in [6.07, 6.45) is 5.32. The van der Waals surface area contributed by atoms with E-state index in [1.54, 1.807) is 0 Å². The van der Waals surface area contributed by atoms with Gasteiger partial charge in [-0.05, 0) is 43.5 Å². The minimum absolute atomic E-state index is 0.00569. The molecule has 3 rings (SSSR count). The van der Waals surface area contributed by atoms with E-state index >= 15 is 0 Å². The number of ether oxygens (including phenoxy) is 1. The Morgan fingerprint density at radius 3 is 2.17 bits per heavy atom. The van der Waals surface area contributed by atoms with Gasteiger partial charge in [0, 0.05) is 31.1 Å². The number of carbonyl (C=O) groups is 2. The predicted molar refractivity (Wildman–Crippen MR) is 93.1 cm³/mol. The molecule has 2 aliphatic heterocycles. The number of rotatable bonds is 3. The Balaban J connectivity index is 1.52. The van der Waals surface area contributed by atoms with Crippen LogP contribution in [0.5, 0.6) is 0 Å². The standard InChI is InChI=1S/C18H25N3O3/c22-17(14-9-12-24-13-14)19-15-5-7-16(8-6-15)20-18(23)21-10-3-1-2-4-11-21/h5-8,14H,1-4,9-13H2,(H,19,22)(H,20,23)/t14-/m1/s1. The molecular formula is C18H25N3O3. The van der Waals surface area contributed by atoms with E-state index in [1.807, 2.05) is 29.2 Å². The second-order valence-corrected chi connectivity index (χ2v) is 6.46. The quantitative estimate of drug-likeness (QED) is 0.894. The van der Waals surface area contributed by atoms with Crippen LogP contribution in [-0.2, 0) is 9.53 Å². The fourth-order valence-electron chi connectivity index (χ4n) is 3.10. The monoisotopic (exact) mass is 331 g/mol. The lowest BCUT2D eigenvalue weighted by atomic mass is 10.1. The molecule has 0 aliphatic carbocycles. The van der Waals surface area contributed by atoms with Gasteiger partial charge in [0.05, 0.1) is 12.5 Å². The smallest absolute Gasteiger partial charge is 0.321 e. The van der Waals surface area contributed by atoms with Crippen molar-refractivity contribution in [2.24, 2.45) is 5.92 Å². The molecule has 6 heteroatoms. The fraction of sp³-hybridized carbons (Fsp3) is 0.556. The Labute approximate surface area is 142 Å². The van der Waals surface area contributed by atoms with Gasteiger partial charge in [0.15, 0.2) is 0 Å². The van der Waals surface area contributed by atoms with Gasteiger partial charge in [-0.25, -0.2) is 4.79 Å². The summed E-state index contributed by atoms with van der Waals surface area (Å²) in [7, 11) is 0. The highest BCUT2D eigenvalue weighted by Gasteiger charge is 2.23. The van der Waals surface area contributed by atoms with Crippen molar-refractivity contribution in [3.8, 4) is 0 Å². The van der Waals surface area contributed by atoms with E-state index < -0.39 is 0 Å². The van der Waals surface area contributed by atoms with Crippen molar-refractivity contribution < 1.29 is 14.3 Å². The molecule has 0 unspecified atom stereocenters. The maximum absolute atomic E-state index is 12.3. The highest BCUT2D eigenvalue weighted by Crippen LogP contribution is 2.18. The molecule has 0 spiro atoms. The third-order valence-corrected chi connectivity index (χ3v) is 4.60. The number of nitrogens with one attached hydrogen (secondary N) is 2. The Morgan fingerprint density at radius 2 is 1.58 bits per heavy atom. The molecule has 0 saturated carbocycles. The fourth-order valence-corrected chi connectivity index (χ4v) is 3.10. The van der Waals surface area contributed by atoms with Gasteiger partial charge in [0.2, 0.25) is 5.91 Å². The average molecular weight is 331 g/mol. The van der Waals surface area contributed by atoms with E-state index in [4.69, 9.17) is 4.74 Å². The molecule has 0 bridgehead atoms. The van der Waals surface area contributed by atoms with Crippen molar-refractivity contribution in [3.05, 3.63) is 24.3 Å². The number of benzene rings is 1. The van der Waals surface area contributed by atoms with Crippen molar-refractivity contribution in [3.63, 3.8) is 0 Å². The van der Waals surface area contributed by atoms with E-state index in [-0.39, 0.29) is 17.9 Å². The van der Waals surface area contributed by atoms with Crippen LogP contribution in [0.1, 0.15) is 32.1 Å². The van der Waals surface area contributed by atoms with Crippen LogP contribution >= 0.6 is 0 Å².